The highest BCUT2D eigenvalue weighted by Gasteiger charge is 2.23. The predicted octanol–water partition coefficient (Wildman–Crippen LogP) is 1.71. The van der Waals surface area contributed by atoms with Gasteiger partial charge in [-0.25, -0.2) is 9.97 Å². The van der Waals surface area contributed by atoms with Crippen molar-refractivity contribution in [3.05, 3.63) is 24.0 Å². The second kappa shape index (κ2) is 9.50. The molecule has 0 unspecified atom stereocenters. The third-order valence-electron chi connectivity index (χ3n) is 5.46. The van der Waals surface area contributed by atoms with Crippen LogP contribution in [-0.4, -0.2) is 75.6 Å². The van der Waals surface area contributed by atoms with Gasteiger partial charge in [-0.3, -0.25) is 4.79 Å². The van der Waals surface area contributed by atoms with Crippen molar-refractivity contribution in [2.24, 2.45) is 0 Å². The van der Waals surface area contributed by atoms with Crippen LogP contribution in [0.2, 0.25) is 0 Å². The van der Waals surface area contributed by atoms with Crippen LogP contribution < -0.4 is 10.5 Å². The first-order chi connectivity index (χ1) is 15.8. The molecule has 1 aliphatic heterocycles. The molecule has 3 aromatic rings. The maximum Gasteiger partial charge on any atom is 0.260 e. The number of nitrogens with zero attached hydrogens (tertiary/aromatic N) is 4. The summed E-state index contributed by atoms with van der Waals surface area (Å²) in [7, 11) is 0. The van der Waals surface area contributed by atoms with Crippen LogP contribution >= 0.6 is 0 Å². The lowest BCUT2D eigenvalue weighted by Crippen LogP contribution is -2.42. The largest absolute Gasteiger partial charge is 0.484 e. The zero-order chi connectivity index (χ0) is 23.6. The van der Waals surface area contributed by atoms with Crippen LogP contribution in [0.15, 0.2) is 18.2 Å². The number of rotatable bonds is 8. The van der Waals surface area contributed by atoms with Crippen molar-refractivity contribution in [1.29, 1.82) is 0 Å². The lowest BCUT2D eigenvalue weighted by atomic mass is 10.1. The van der Waals surface area contributed by atoms with E-state index in [1.54, 1.807) is 30.9 Å². The third-order valence-corrected chi connectivity index (χ3v) is 5.46. The molecule has 0 saturated carbocycles. The van der Waals surface area contributed by atoms with Gasteiger partial charge in [0.2, 0.25) is 0 Å². The number of imidazole rings is 1. The van der Waals surface area contributed by atoms with Crippen molar-refractivity contribution >= 4 is 33.7 Å². The van der Waals surface area contributed by atoms with E-state index in [2.05, 4.69) is 9.97 Å². The number of nitrogen functional groups attached to an aromatic ring is 1. The Morgan fingerprint density at radius 3 is 2.73 bits per heavy atom. The number of fused-ring (bicyclic) bond motifs is 3. The van der Waals surface area contributed by atoms with Crippen LogP contribution in [0.1, 0.15) is 26.6 Å². The minimum Gasteiger partial charge on any atom is -0.484 e. The van der Waals surface area contributed by atoms with Crippen molar-refractivity contribution in [1.82, 2.24) is 19.4 Å². The van der Waals surface area contributed by atoms with Gasteiger partial charge in [0.05, 0.1) is 36.4 Å². The number of carbonyl (C=O) groups excluding carboxylic acids is 1. The number of aromatic nitrogens is 3. The van der Waals surface area contributed by atoms with Crippen LogP contribution in [0.4, 0.5) is 5.82 Å². The number of hydrogen-bond donors (Lipinski definition) is 2. The van der Waals surface area contributed by atoms with Crippen LogP contribution in [0.5, 0.6) is 5.75 Å². The Hall–Kier alpha value is -2.95. The highest BCUT2D eigenvalue weighted by Crippen LogP contribution is 2.32. The first kappa shape index (κ1) is 23.2. The Balaban J connectivity index is 1.68. The molecule has 1 fully saturated rings. The molecule has 0 bridgehead atoms. The maximum absolute atomic E-state index is 12.4. The fourth-order valence-corrected chi connectivity index (χ4v) is 3.94. The van der Waals surface area contributed by atoms with Gasteiger partial charge < -0.3 is 34.5 Å². The standard InChI is InChI=1S/C23H31N5O5/c1-4-31-12-18-26-20-21(28(18)14-23(2,3)30)16-6-5-15(11-17(16)25-22(20)24)33-13-19(29)27-7-9-32-10-8-27/h5-6,11,30H,4,7-10,12-14H2,1-3H3,(H2,24,25). The van der Waals surface area contributed by atoms with E-state index in [1.165, 1.54) is 0 Å². The number of ether oxygens (including phenoxy) is 3. The Kier molecular flexibility index (Phi) is 6.68. The Morgan fingerprint density at radius 2 is 2.03 bits per heavy atom. The molecule has 1 aromatic carbocycles. The van der Waals surface area contributed by atoms with Gasteiger partial charge in [0.25, 0.3) is 5.91 Å². The van der Waals surface area contributed by atoms with Crippen LogP contribution in [0.3, 0.4) is 0 Å². The molecule has 1 aliphatic rings. The summed E-state index contributed by atoms with van der Waals surface area (Å²) in [5.41, 5.74) is 7.26. The Labute approximate surface area is 192 Å². The average molecular weight is 458 g/mol. The maximum atomic E-state index is 12.4. The van der Waals surface area contributed by atoms with Crippen LogP contribution in [0, 0.1) is 0 Å². The summed E-state index contributed by atoms with van der Waals surface area (Å²) < 4.78 is 18.6. The molecule has 3 N–H and O–H groups in total. The van der Waals surface area contributed by atoms with E-state index in [4.69, 9.17) is 19.9 Å². The number of aliphatic hydroxyl groups is 1. The van der Waals surface area contributed by atoms with E-state index in [0.29, 0.717) is 68.7 Å². The Bertz CT molecular complexity index is 1150. The number of benzene rings is 1. The second-order valence-corrected chi connectivity index (χ2v) is 8.72. The fourth-order valence-electron chi connectivity index (χ4n) is 3.94. The van der Waals surface area contributed by atoms with E-state index >= 15 is 0 Å². The van der Waals surface area contributed by atoms with Gasteiger partial charge >= 0.3 is 0 Å². The molecule has 0 spiro atoms. The summed E-state index contributed by atoms with van der Waals surface area (Å²) in [5, 5.41) is 11.3. The van der Waals surface area contributed by atoms with Gasteiger partial charge in [0.15, 0.2) is 12.4 Å². The molecule has 3 heterocycles. The number of nitrogens with two attached hydrogens (primary N) is 1. The van der Waals surface area contributed by atoms with Crippen molar-refractivity contribution in [3.8, 4) is 5.75 Å². The lowest BCUT2D eigenvalue weighted by Gasteiger charge is -2.26. The molecule has 1 amide bonds. The summed E-state index contributed by atoms with van der Waals surface area (Å²) in [5.74, 6) is 1.40. The second-order valence-electron chi connectivity index (χ2n) is 8.72. The zero-order valence-electron chi connectivity index (χ0n) is 19.3. The van der Waals surface area contributed by atoms with Crippen molar-refractivity contribution in [3.63, 3.8) is 0 Å². The van der Waals surface area contributed by atoms with Crippen LogP contribution in [-0.2, 0) is 27.4 Å². The van der Waals surface area contributed by atoms with Crippen molar-refractivity contribution < 1.29 is 24.1 Å². The molecule has 10 heteroatoms. The molecule has 33 heavy (non-hydrogen) atoms. The van der Waals surface area contributed by atoms with Gasteiger partial charge in [0.1, 0.15) is 23.7 Å². The van der Waals surface area contributed by atoms with E-state index in [0.717, 1.165) is 10.9 Å². The predicted molar refractivity (Wildman–Crippen MR) is 124 cm³/mol. The molecule has 0 radical (unpaired) electrons. The summed E-state index contributed by atoms with van der Waals surface area (Å²) in [6, 6.07) is 5.45. The number of hydrogen-bond acceptors (Lipinski definition) is 8. The van der Waals surface area contributed by atoms with Gasteiger partial charge in [-0.1, -0.05) is 0 Å². The van der Waals surface area contributed by atoms with Gasteiger partial charge in [-0.05, 0) is 32.9 Å². The number of carbonyl (C=O) groups is 1. The SMILES string of the molecule is CCOCc1nc2c(N)nc3cc(OCC(=O)N4CCOCC4)ccc3c2n1CC(C)(C)O. The molecule has 0 aliphatic carbocycles. The normalized spacial score (nSPS) is 14.8. The quantitative estimate of drug-likeness (QED) is 0.524. The monoisotopic (exact) mass is 457 g/mol. The minimum absolute atomic E-state index is 0.0572. The van der Waals surface area contributed by atoms with Crippen molar-refractivity contribution in [2.75, 3.05) is 45.3 Å². The first-order valence-corrected chi connectivity index (χ1v) is 11.1. The summed E-state index contributed by atoms with van der Waals surface area (Å²) in [6.07, 6.45) is 0. The molecule has 2 aromatic heterocycles. The van der Waals surface area contributed by atoms with Gasteiger partial charge in [-0.2, -0.15) is 0 Å². The number of anilines is 1. The summed E-state index contributed by atoms with van der Waals surface area (Å²) in [4.78, 5) is 23.3. The molecule has 10 nitrogen and oxygen atoms in total. The van der Waals surface area contributed by atoms with E-state index in [1.807, 2.05) is 17.6 Å². The number of pyridine rings is 1. The van der Waals surface area contributed by atoms with Gasteiger partial charge in [-0.15, -0.1) is 0 Å². The highest BCUT2D eigenvalue weighted by molar-refractivity contribution is 6.07. The molecule has 0 atom stereocenters. The number of amides is 1. The van der Waals surface area contributed by atoms with E-state index in [9.17, 15) is 9.90 Å². The van der Waals surface area contributed by atoms with Crippen molar-refractivity contribution in [2.45, 2.75) is 39.5 Å². The smallest absolute Gasteiger partial charge is 0.260 e. The molecule has 4 rings (SSSR count). The molecule has 1 saturated heterocycles. The summed E-state index contributed by atoms with van der Waals surface area (Å²) in [6.45, 7) is 8.75. The van der Waals surface area contributed by atoms with Crippen LogP contribution in [0.25, 0.3) is 21.9 Å². The first-order valence-electron chi connectivity index (χ1n) is 11.1. The molecular formula is C23H31N5O5. The Morgan fingerprint density at radius 1 is 1.27 bits per heavy atom. The number of morpholine rings is 1. The lowest BCUT2D eigenvalue weighted by molar-refractivity contribution is -0.137. The topological polar surface area (TPSA) is 125 Å². The van der Waals surface area contributed by atoms with E-state index < -0.39 is 5.60 Å². The van der Waals surface area contributed by atoms with Gasteiger partial charge in [0, 0.05) is 31.1 Å². The molecule has 178 valence electrons. The minimum atomic E-state index is -0.970. The summed E-state index contributed by atoms with van der Waals surface area (Å²) >= 11 is 0. The molecular weight excluding hydrogens is 426 g/mol. The third kappa shape index (κ3) is 5.18. The zero-order valence-corrected chi connectivity index (χ0v) is 19.3. The highest BCUT2D eigenvalue weighted by atomic mass is 16.5. The average Bonchev–Trinajstić information content (AvgIpc) is 3.14. The van der Waals surface area contributed by atoms with E-state index in [-0.39, 0.29) is 18.3 Å². The fraction of sp³-hybridized carbons (Fsp3) is 0.522.